The molecule has 4 nitrogen and oxygen atoms in total. The molecule has 7 heteroatoms. The van der Waals surface area contributed by atoms with Gasteiger partial charge in [0.05, 0.1) is 11.8 Å². The minimum Gasteiger partial charge on any atom is -0.459 e. The van der Waals surface area contributed by atoms with Crippen LogP contribution in [-0.4, -0.2) is 30.3 Å². The van der Waals surface area contributed by atoms with Gasteiger partial charge in [-0.05, 0) is 44.4 Å². The highest BCUT2D eigenvalue weighted by Crippen LogP contribution is 2.51. The molecule has 1 unspecified atom stereocenters. The third-order valence-electron chi connectivity index (χ3n) is 5.95. The van der Waals surface area contributed by atoms with Crippen molar-refractivity contribution in [1.82, 2.24) is 0 Å². The van der Waals surface area contributed by atoms with E-state index in [2.05, 4.69) is 25.5 Å². The van der Waals surface area contributed by atoms with E-state index in [1.54, 1.807) is 0 Å². The molecule has 0 aromatic heterocycles. The number of hydrogen-bond acceptors (Lipinski definition) is 4. The number of alkyl halides is 3. The molecule has 0 rings (SSSR count). The normalized spacial score (nSPS) is 15.7. The first-order valence-electron chi connectivity index (χ1n) is 9.77. The summed E-state index contributed by atoms with van der Waals surface area (Å²) in [5, 5.41) is 0. The zero-order chi connectivity index (χ0) is 22.6. The molecular formula is C21H37F3O4. The topological polar surface area (TPSA) is 52.6 Å². The monoisotopic (exact) mass is 410 g/mol. The quantitative estimate of drug-likeness (QED) is 0.410. The van der Waals surface area contributed by atoms with Crippen LogP contribution in [0.1, 0.15) is 88.0 Å². The van der Waals surface area contributed by atoms with Crippen molar-refractivity contribution in [2.24, 2.45) is 16.2 Å². The second kappa shape index (κ2) is 9.04. The Kier molecular flexibility index (Phi) is 8.63. The summed E-state index contributed by atoms with van der Waals surface area (Å²) in [5.74, 6) is -1.50. The Bertz CT molecular complexity index is 550. The van der Waals surface area contributed by atoms with E-state index in [0.717, 1.165) is 12.8 Å². The second-order valence-electron chi connectivity index (χ2n) is 9.87. The fourth-order valence-corrected chi connectivity index (χ4v) is 3.02. The summed E-state index contributed by atoms with van der Waals surface area (Å²) >= 11 is 0. The zero-order valence-corrected chi connectivity index (χ0v) is 18.8. The van der Waals surface area contributed by atoms with Crippen molar-refractivity contribution >= 4 is 11.9 Å². The van der Waals surface area contributed by atoms with Crippen LogP contribution in [0.3, 0.4) is 0 Å². The SMILES string of the molecule is CCC(C)(C)CC(C)(C(=O)OC(C)(C)CC(=O)OCC(F)(F)F)C(C)(C)CC. The molecule has 0 saturated carbocycles. The molecule has 0 aliphatic rings. The minimum absolute atomic E-state index is 0.101. The van der Waals surface area contributed by atoms with Crippen molar-refractivity contribution in [3.8, 4) is 0 Å². The summed E-state index contributed by atoms with van der Waals surface area (Å²) in [4.78, 5) is 25.0. The maximum absolute atomic E-state index is 13.2. The van der Waals surface area contributed by atoms with Gasteiger partial charge < -0.3 is 9.47 Å². The van der Waals surface area contributed by atoms with Crippen LogP contribution in [0.15, 0.2) is 0 Å². The molecule has 166 valence electrons. The van der Waals surface area contributed by atoms with Crippen LogP contribution in [0, 0.1) is 16.2 Å². The Labute approximate surface area is 167 Å². The van der Waals surface area contributed by atoms with Gasteiger partial charge in [-0.3, -0.25) is 9.59 Å². The summed E-state index contributed by atoms with van der Waals surface area (Å²) in [6, 6.07) is 0. The molecular weight excluding hydrogens is 373 g/mol. The number of esters is 2. The van der Waals surface area contributed by atoms with Crippen molar-refractivity contribution in [1.29, 1.82) is 0 Å². The molecule has 0 aliphatic heterocycles. The first-order valence-corrected chi connectivity index (χ1v) is 9.77. The van der Waals surface area contributed by atoms with Gasteiger partial charge in [0.1, 0.15) is 5.60 Å². The number of ether oxygens (including phenoxy) is 2. The van der Waals surface area contributed by atoms with Crippen molar-refractivity contribution < 1.29 is 32.2 Å². The summed E-state index contributed by atoms with van der Waals surface area (Å²) < 4.78 is 46.5. The summed E-state index contributed by atoms with van der Waals surface area (Å²) in [6.07, 6.45) is -2.83. The Hall–Kier alpha value is -1.27. The number of halogens is 3. The van der Waals surface area contributed by atoms with Gasteiger partial charge >= 0.3 is 18.1 Å². The smallest absolute Gasteiger partial charge is 0.422 e. The largest absolute Gasteiger partial charge is 0.459 e. The lowest BCUT2D eigenvalue weighted by molar-refractivity contribution is -0.194. The average molecular weight is 411 g/mol. The second-order valence-corrected chi connectivity index (χ2v) is 9.87. The van der Waals surface area contributed by atoms with Gasteiger partial charge in [0, 0.05) is 0 Å². The predicted octanol–water partition coefficient (Wildman–Crippen LogP) is 6.07. The summed E-state index contributed by atoms with van der Waals surface area (Å²) in [7, 11) is 0. The lowest BCUT2D eigenvalue weighted by Gasteiger charge is -2.47. The standard InChI is InChI=1S/C21H37F3O4/c1-10-17(3,4)13-20(9,18(5,6)11-2)16(26)28-19(7,8)12-15(25)27-14-21(22,23)24/h10-14H2,1-9H3. The molecule has 0 aromatic rings. The van der Waals surface area contributed by atoms with Crippen LogP contribution in [0.25, 0.3) is 0 Å². The van der Waals surface area contributed by atoms with Crippen LogP contribution in [0.5, 0.6) is 0 Å². The highest BCUT2D eigenvalue weighted by molar-refractivity contribution is 5.79. The first-order chi connectivity index (χ1) is 12.3. The maximum Gasteiger partial charge on any atom is 0.422 e. The minimum atomic E-state index is -4.59. The molecule has 1 atom stereocenters. The van der Waals surface area contributed by atoms with Crippen LogP contribution < -0.4 is 0 Å². The van der Waals surface area contributed by atoms with Gasteiger partial charge in [-0.2, -0.15) is 13.2 Å². The van der Waals surface area contributed by atoms with E-state index >= 15 is 0 Å². The van der Waals surface area contributed by atoms with Gasteiger partial charge in [-0.25, -0.2) is 0 Å². The number of hydrogen-bond donors (Lipinski definition) is 0. The van der Waals surface area contributed by atoms with E-state index in [9.17, 15) is 22.8 Å². The molecule has 0 saturated heterocycles. The molecule has 0 heterocycles. The Morgan fingerprint density at radius 1 is 0.857 bits per heavy atom. The molecule has 0 amide bonds. The van der Waals surface area contributed by atoms with Crippen LogP contribution >= 0.6 is 0 Å². The highest BCUT2D eigenvalue weighted by Gasteiger charge is 2.51. The van der Waals surface area contributed by atoms with Crippen molar-refractivity contribution in [2.75, 3.05) is 6.61 Å². The number of carbonyl (C=O) groups is 2. The Balaban J connectivity index is 5.42. The first kappa shape index (κ1) is 26.7. The van der Waals surface area contributed by atoms with Crippen LogP contribution in [-0.2, 0) is 19.1 Å². The van der Waals surface area contributed by atoms with Gasteiger partial charge in [0.25, 0.3) is 0 Å². The van der Waals surface area contributed by atoms with Crippen LogP contribution in [0.2, 0.25) is 0 Å². The van der Waals surface area contributed by atoms with E-state index < -0.39 is 42.2 Å². The van der Waals surface area contributed by atoms with Crippen molar-refractivity contribution in [2.45, 2.75) is 99.8 Å². The molecule has 0 N–H and O–H groups in total. The molecule has 0 aliphatic carbocycles. The Morgan fingerprint density at radius 2 is 1.36 bits per heavy atom. The molecule has 0 fully saturated rings. The van der Waals surface area contributed by atoms with Gasteiger partial charge in [-0.1, -0.05) is 48.0 Å². The molecule has 0 aromatic carbocycles. The summed E-state index contributed by atoms with van der Waals surface area (Å²) in [5.41, 5.74) is -2.57. The lowest BCUT2D eigenvalue weighted by Crippen LogP contribution is -2.48. The molecule has 0 spiro atoms. The zero-order valence-electron chi connectivity index (χ0n) is 18.8. The fourth-order valence-electron chi connectivity index (χ4n) is 3.02. The van der Waals surface area contributed by atoms with E-state index in [1.165, 1.54) is 13.8 Å². The maximum atomic E-state index is 13.2. The highest BCUT2D eigenvalue weighted by atomic mass is 19.4. The number of rotatable bonds is 10. The summed E-state index contributed by atoms with van der Waals surface area (Å²) in [6.45, 7) is 15.5. The molecule has 0 bridgehead atoms. The fraction of sp³-hybridized carbons (Fsp3) is 0.905. The van der Waals surface area contributed by atoms with E-state index in [4.69, 9.17) is 4.74 Å². The van der Waals surface area contributed by atoms with Gasteiger partial charge in [-0.15, -0.1) is 0 Å². The third kappa shape index (κ3) is 8.00. The lowest BCUT2D eigenvalue weighted by atomic mass is 9.58. The van der Waals surface area contributed by atoms with Gasteiger partial charge in [0.2, 0.25) is 0 Å². The van der Waals surface area contributed by atoms with E-state index in [-0.39, 0.29) is 10.8 Å². The Morgan fingerprint density at radius 3 is 1.75 bits per heavy atom. The van der Waals surface area contributed by atoms with E-state index in [0.29, 0.717) is 6.42 Å². The predicted molar refractivity (Wildman–Crippen MR) is 103 cm³/mol. The average Bonchev–Trinajstić information content (AvgIpc) is 2.50. The van der Waals surface area contributed by atoms with Crippen LogP contribution in [0.4, 0.5) is 13.2 Å². The molecule has 28 heavy (non-hydrogen) atoms. The van der Waals surface area contributed by atoms with E-state index in [1.807, 2.05) is 27.7 Å². The van der Waals surface area contributed by atoms with Crippen molar-refractivity contribution in [3.63, 3.8) is 0 Å². The number of carbonyl (C=O) groups excluding carboxylic acids is 2. The van der Waals surface area contributed by atoms with Crippen molar-refractivity contribution in [3.05, 3.63) is 0 Å². The molecule has 0 radical (unpaired) electrons. The third-order valence-corrected chi connectivity index (χ3v) is 5.95. The van der Waals surface area contributed by atoms with Gasteiger partial charge in [0.15, 0.2) is 6.61 Å².